The lowest BCUT2D eigenvalue weighted by Gasteiger charge is -2.40. The Morgan fingerprint density at radius 2 is 0.786 bits per heavy atom. The monoisotopic (exact) mass is 226 g/mol. The Kier molecular flexibility index (Phi) is 2.89. The second kappa shape index (κ2) is 2.99. The number of hydrogen-bond acceptors (Lipinski definition) is 2. The fourth-order valence-corrected chi connectivity index (χ4v) is 0.552. The van der Waals surface area contributed by atoms with Crippen molar-refractivity contribution >= 4 is 0 Å². The molecule has 0 saturated heterocycles. The zero-order chi connectivity index (χ0) is 12.0. The lowest BCUT2D eigenvalue weighted by molar-refractivity contribution is -0.373. The highest BCUT2D eigenvalue weighted by Gasteiger charge is 2.71. The summed E-state index contributed by atoms with van der Waals surface area (Å²) in [6, 6.07) is 0. The number of hydrogen-bond donors (Lipinski definition) is 2. The number of halogens is 6. The molecule has 0 aromatic rings. The first-order chi connectivity index (χ1) is 5.75. The van der Waals surface area contributed by atoms with E-state index in [2.05, 4.69) is 0 Å². The van der Waals surface area contributed by atoms with E-state index in [0.29, 0.717) is 0 Å². The summed E-state index contributed by atoms with van der Waals surface area (Å²) in [6.07, 6.45) is -11.2. The topological polar surface area (TPSA) is 40.5 Å². The van der Waals surface area contributed by atoms with Crippen LogP contribution in [0.25, 0.3) is 0 Å². The van der Waals surface area contributed by atoms with Gasteiger partial charge in [-0.3, -0.25) is 0 Å². The fourth-order valence-electron chi connectivity index (χ4n) is 0.552. The number of alkyl halides is 6. The van der Waals surface area contributed by atoms with Crippen molar-refractivity contribution in [2.45, 2.75) is 37.4 Å². The number of aliphatic hydroxyl groups is 2. The Labute approximate surface area is 75.1 Å². The van der Waals surface area contributed by atoms with Gasteiger partial charge in [-0.25, -0.2) is 0 Å². The van der Waals surface area contributed by atoms with Gasteiger partial charge in [-0.05, 0) is 13.8 Å². The van der Waals surface area contributed by atoms with Crippen molar-refractivity contribution in [1.29, 1.82) is 0 Å². The predicted octanol–water partition coefficient (Wildman–Crippen LogP) is 1.61. The Morgan fingerprint density at radius 1 is 0.643 bits per heavy atom. The maximum absolute atomic E-state index is 11.9. The van der Waals surface area contributed by atoms with Crippen LogP contribution in [0.3, 0.4) is 0 Å². The predicted molar refractivity (Wildman–Crippen MR) is 33.4 cm³/mol. The second-order valence-electron chi connectivity index (χ2n) is 3.14. The van der Waals surface area contributed by atoms with E-state index in [1.807, 2.05) is 0 Å². The van der Waals surface area contributed by atoms with Crippen molar-refractivity contribution in [3.05, 3.63) is 0 Å². The molecule has 0 fully saturated rings. The van der Waals surface area contributed by atoms with E-state index < -0.39 is 23.6 Å². The molecule has 14 heavy (non-hydrogen) atoms. The molecule has 86 valence electrons. The zero-order valence-corrected chi connectivity index (χ0v) is 7.16. The summed E-state index contributed by atoms with van der Waals surface area (Å²) < 4.78 is 71.7. The Bertz CT molecular complexity index is 189. The summed E-state index contributed by atoms with van der Waals surface area (Å²) in [5, 5.41) is 17.2. The van der Waals surface area contributed by atoms with Crippen molar-refractivity contribution < 1.29 is 36.6 Å². The first-order valence-electron chi connectivity index (χ1n) is 3.33. The number of rotatable bonds is 1. The molecule has 0 aromatic heterocycles. The average Bonchev–Trinajstić information content (AvgIpc) is 1.81. The highest BCUT2D eigenvalue weighted by Crippen LogP contribution is 2.46. The van der Waals surface area contributed by atoms with Gasteiger partial charge in [0.1, 0.15) is 0 Å². The summed E-state index contributed by atoms with van der Waals surface area (Å²) in [4.78, 5) is 0. The van der Waals surface area contributed by atoms with Gasteiger partial charge in [-0.15, -0.1) is 0 Å². The molecule has 0 aliphatic carbocycles. The van der Waals surface area contributed by atoms with Crippen LogP contribution < -0.4 is 0 Å². The van der Waals surface area contributed by atoms with E-state index in [1.54, 1.807) is 0 Å². The quantitative estimate of drug-likeness (QED) is 0.667. The smallest absolute Gasteiger partial charge is 0.378 e. The first-order valence-corrected chi connectivity index (χ1v) is 3.33. The third-order valence-corrected chi connectivity index (χ3v) is 2.05. The van der Waals surface area contributed by atoms with Crippen molar-refractivity contribution in [2.24, 2.45) is 0 Å². The molecule has 0 aliphatic rings. The van der Waals surface area contributed by atoms with Crippen LogP contribution in [-0.2, 0) is 0 Å². The summed E-state index contributed by atoms with van der Waals surface area (Å²) in [7, 11) is 0. The molecule has 8 heteroatoms. The van der Waals surface area contributed by atoms with E-state index in [9.17, 15) is 26.3 Å². The lowest BCUT2D eigenvalue weighted by atomic mass is 9.84. The van der Waals surface area contributed by atoms with Crippen LogP contribution in [0.1, 0.15) is 13.8 Å². The average molecular weight is 226 g/mol. The minimum atomic E-state index is -5.58. The molecule has 0 aromatic carbocycles. The van der Waals surface area contributed by atoms with E-state index in [-0.39, 0.29) is 13.8 Å². The van der Waals surface area contributed by atoms with Gasteiger partial charge < -0.3 is 10.2 Å². The lowest BCUT2D eigenvalue weighted by Crippen LogP contribution is -2.66. The standard InChI is InChI=1S/C6H8F6O2/c1-3(13,5(7,8)9)4(2,14)6(10,11)12/h13-14H,1-2H3/t3-,4+. The van der Waals surface area contributed by atoms with Gasteiger partial charge in [0.05, 0.1) is 0 Å². The largest absolute Gasteiger partial charge is 0.420 e. The summed E-state index contributed by atoms with van der Waals surface area (Å²) in [6.45, 7) is -0.277. The van der Waals surface area contributed by atoms with Gasteiger partial charge in [0.2, 0.25) is 0 Å². The first kappa shape index (κ1) is 13.5. The van der Waals surface area contributed by atoms with Crippen molar-refractivity contribution in [3.63, 3.8) is 0 Å². The van der Waals surface area contributed by atoms with Crippen LogP contribution in [-0.4, -0.2) is 33.8 Å². The van der Waals surface area contributed by atoms with Gasteiger partial charge in [0, 0.05) is 0 Å². The Balaban J connectivity index is 5.30. The summed E-state index contributed by atoms with van der Waals surface area (Å²) >= 11 is 0. The molecule has 0 spiro atoms. The molecule has 0 aliphatic heterocycles. The summed E-state index contributed by atoms with van der Waals surface area (Å²) in [5.74, 6) is 0. The Morgan fingerprint density at radius 3 is 0.857 bits per heavy atom. The zero-order valence-electron chi connectivity index (χ0n) is 7.16. The third kappa shape index (κ3) is 1.81. The fraction of sp³-hybridized carbons (Fsp3) is 1.00. The molecule has 0 saturated carbocycles. The van der Waals surface area contributed by atoms with Gasteiger partial charge in [-0.1, -0.05) is 0 Å². The van der Waals surface area contributed by atoms with Crippen LogP contribution in [0, 0.1) is 0 Å². The van der Waals surface area contributed by atoms with Crippen LogP contribution in [0.4, 0.5) is 26.3 Å². The maximum Gasteiger partial charge on any atom is 0.420 e. The SMILES string of the molecule is C[C@](O)(C(F)(F)F)[C@](C)(O)C(F)(F)F. The minimum Gasteiger partial charge on any atom is -0.378 e. The molecular formula is C6H8F6O2. The molecule has 0 rings (SSSR count). The third-order valence-electron chi connectivity index (χ3n) is 2.05. The van der Waals surface area contributed by atoms with E-state index in [4.69, 9.17) is 10.2 Å². The molecule has 0 radical (unpaired) electrons. The molecular weight excluding hydrogens is 218 g/mol. The minimum absolute atomic E-state index is 0.138. The molecule has 0 bridgehead atoms. The van der Waals surface area contributed by atoms with E-state index in [0.717, 1.165) is 0 Å². The maximum atomic E-state index is 11.9. The molecule has 0 unspecified atom stereocenters. The molecule has 0 heterocycles. The van der Waals surface area contributed by atoms with Crippen molar-refractivity contribution in [2.75, 3.05) is 0 Å². The summed E-state index contributed by atoms with van der Waals surface area (Å²) in [5.41, 5.74) is -8.50. The van der Waals surface area contributed by atoms with E-state index >= 15 is 0 Å². The van der Waals surface area contributed by atoms with Crippen LogP contribution in [0.5, 0.6) is 0 Å². The molecule has 2 atom stereocenters. The van der Waals surface area contributed by atoms with Gasteiger partial charge >= 0.3 is 12.4 Å². The van der Waals surface area contributed by atoms with Gasteiger partial charge in [0.25, 0.3) is 0 Å². The van der Waals surface area contributed by atoms with Gasteiger partial charge in [-0.2, -0.15) is 26.3 Å². The highest BCUT2D eigenvalue weighted by atomic mass is 19.4. The Hall–Kier alpha value is -0.500. The van der Waals surface area contributed by atoms with Crippen LogP contribution >= 0.6 is 0 Å². The molecule has 0 amide bonds. The molecule has 2 nitrogen and oxygen atoms in total. The second-order valence-corrected chi connectivity index (χ2v) is 3.14. The normalized spacial score (nSPS) is 22.7. The molecule has 2 N–H and O–H groups in total. The van der Waals surface area contributed by atoms with E-state index in [1.165, 1.54) is 0 Å². The highest BCUT2D eigenvalue weighted by molar-refractivity contribution is 5.03. The van der Waals surface area contributed by atoms with Crippen LogP contribution in [0.2, 0.25) is 0 Å². The van der Waals surface area contributed by atoms with Crippen molar-refractivity contribution in [3.8, 4) is 0 Å². The van der Waals surface area contributed by atoms with Crippen molar-refractivity contribution in [1.82, 2.24) is 0 Å². The van der Waals surface area contributed by atoms with Gasteiger partial charge in [0.15, 0.2) is 11.2 Å². The van der Waals surface area contributed by atoms with Crippen LogP contribution in [0.15, 0.2) is 0 Å².